The molecule has 1 aromatic carbocycles. The predicted molar refractivity (Wildman–Crippen MR) is 71.7 cm³/mol. The summed E-state index contributed by atoms with van der Waals surface area (Å²) < 4.78 is 6.50. The second-order valence-corrected chi connectivity index (χ2v) is 5.34. The van der Waals surface area contributed by atoms with Crippen LogP contribution in [0.3, 0.4) is 0 Å². The molecule has 2 rings (SSSR count). The molecular formula is C12H10BrNO3S. The van der Waals surface area contributed by atoms with E-state index in [-0.39, 0.29) is 5.01 Å². The molecule has 0 atom stereocenters. The van der Waals surface area contributed by atoms with Gasteiger partial charge in [0.25, 0.3) is 0 Å². The van der Waals surface area contributed by atoms with E-state index in [1.165, 1.54) is 0 Å². The maximum absolute atomic E-state index is 10.6. The number of hydrogen-bond donors (Lipinski definition) is 1. The van der Waals surface area contributed by atoms with Crippen LogP contribution in [-0.2, 0) is 18.0 Å². The van der Waals surface area contributed by atoms with Crippen molar-refractivity contribution in [3.63, 3.8) is 0 Å². The maximum atomic E-state index is 10.6. The molecule has 94 valence electrons. The first kappa shape index (κ1) is 13.2. The molecule has 0 bridgehead atoms. The topological polar surface area (TPSA) is 59.4 Å². The van der Waals surface area contributed by atoms with Gasteiger partial charge in [0, 0.05) is 9.85 Å². The number of aromatic carboxylic acids is 1. The quantitative estimate of drug-likeness (QED) is 0.915. The molecule has 0 spiro atoms. The molecular weight excluding hydrogens is 318 g/mol. The molecule has 1 aromatic heterocycles. The van der Waals surface area contributed by atoms with Gasteiger partial charge in [0.1, 0.15) is 0 Å². The average Bonchev–Trinajstić information content (AvgIpc) is 2.81. The summed E-state index contributed by atoms with van der Waals surface area (Å²) in [6.45, 7) is 0.799. The summed E-state index contributed by atoms with van der Waals surface area (Å²) >= 11 is 4.47. The van der Waals surface area contributed by atoms with Crippen LogP contribution in [0.1, 0.15) is 21.1 Å². The summed E-state index contributed by atoms with van der Waals surface area (Å²) in [6, 6.07) is 7.83. The molecule has 0 radical (unpaired) electrons. The predicted octanol–water partition coefficient (Wildman–Crippen LogP) is 3.32. The SMILES string of the molecule is O=C(O)c1nc(COCc2ccc(Br)cc2)cs1. The van der Waals surface area contributed by atoms with E-state index in [9.17, 15) is 4.79 Å². The van der Waals surface area contributed by atoms with Gasteiger partial charge in [0.15, 0.2) is 0 Å². The van der Waals surface area contributed by atoms with E-state index in [2.05, 4.69) is 20.9 Å². The number of carboxylic acids is 1. The zero-order valence-corrected chi connectivity index (χ0v) is 11.7. The van der Waals surface area contributed by atoms with E-state index in [1.54, 1.807) is 5.38 Å². The van der Waals surface area contributed by atoms with Crippen LogP contribution in [0.4, 0.5) is 0 Å². The zero-order valence-electron chi connectivity index (χ0n) is 9.30. The molecule has 18 heavy (non-hydrogen) atoms. The maximum Gasteiger partial charge on any atom is 0.365 e. The van der Waals surface area contributed by atoms with Gasteiger partial charge < -0.3 is 9.84 Å². The molecule has 1 N–H and O–H groups in total. The van der Waals surface area contributed by atoms with Crippen LogP contribution in [-0.4, -0.2) is 16.1 Å². The number of rotatable bonds is 5. The van der Waals surface area contributed by atoms with Crippen LogP contribution >= 0.6 is 27.3 Å². The van der Waals surface area contributed by atoms with Gasteiger partial charge in [-0.1, -0.05) is 28.1 Å². The minimum Gasteiger partial charge on any atom is -0.476 e. The summed E-state index contributed by atoms with van der Waals surface area (Å²) in [5.74, 6) is -1.00. The molecule has 0 saturated carbocycles. The summed E-state index contributed by atoms with van der Waals surface area (Å²) in [4.78, 5) is 14.6. The van der Waals surface area contributed by atoms with Crippen molar-refractivity contribution in [2.75, 3.05) is 0 Å². The van der Waals surface area contributed by atoms with Crippen molar-refractivity contribution in [3.05, 3.63) is 50.4 Å². The third-order valence-corrected chi connectivity index (χ3v) is 3.57. The fourth-order valence-electron chi connectivity index (χ4n) is 1.33. The third kappa shape index (κ3) is 3.63. The van der Waals surface area contributed by atoms with Crippen molar-refractivity contribution in [1.82, 2.24) is 4.98 Å². The van der Waals surface area contributed by atoms with Gasteiger partial charge in [0.05, 0.1) is 18.9 Å². The van der Waals surface area contributed by atoms with E-state index >= 15 is 0 Å². The van der Waals surface area contributed by atoms with Gasteiger partial charge in [-0.2, -0.15) is 0 Å². The van der Waals surface area contributed by atoms with Crippen LogP contribution in [0.2, 0.25) is 0 Å². The number of thiazole rings is 1. The molecule has 1 heterocycles. The van der Waals surface area contributed by atoms with E-state index in [0.717, 1.165) is 21.4 Å². The van der Waals surface area contributed by atoms with Crippen molar-refractivity contribution < 1.29 is 14.6 Å². The Hall–Kier alpha value is -1.24. The van der Waals surface area contributed by atoms with Crippen molar-refractivity contribution in [1.29, 1.82) is 0 Å². The van der Waals surface area contributed by atoms with Crippen LogP contribution in [0.25, 0.3) is 0 Å². The monoisotopic (exact) mass is 327 g/mol. The van der Waals surface area contributed by atoms with E-state index < -0.39 is 5.97 Å². The number of aromatic nitrogens is 1. The highest BCUT2D eigenvalue weighted by molar-refractivity contribution is 9.10. The summed E-state index contributed by atoms with van der Waals surface area (Å²) in [6.07, 6.45) is 0. The first-order valence-electron chi connectivity index (χ1n) is 5.15. The highest BCUT2D eigenvalue weighted by atomic mass is 79.9. The fraction of sp³-hybridized carbons (Fsp3) is 0.167. The number of benzene rings is 1. The third-order valence-electron chi connectivity index (χ3n) is 2.17. The number of nitrogens with zero attached hydrogens (tertiary/aromatic N) is 1. The molecule has 4 nitrogen and oxygen atoms in total. The standard InChI is InChI=1S/C12H10BrNO3S/c13-9-3-1-8(2-4-9)5-17-6-10-7-18-11(14-10)12(15)16/h1-4,7H,5-6H2,(H,15,16). The van der Waals surface area contributed by atoms with Crippen LogP contribution in [0.5, 0.6) is 0 Å². The normalized spacial score (nSPS) is 10.5. The molecule has 0 unspecified atom stereocenters. The van der Waals surface area contributed by atoms with Crippen LogP contribution in [0.15, 0.2) is 34.1 Å². The van der Waals surface area contributed by atoms with Gasteiger partial charge in [-0.05, 0) is 17.7 Å². The first-order valence-corrected chi connectivity index (χ1v) is 6.82. The summed E-state index contributed by atoms with van der Waals surface area (Å²) in [5, 5.41) is 10.5. The molecule has 0 fully saturated rings. The zero-order chi connectivity index (χ0) is 13.0. The number of carbonyl (C=O) groups is 1. The Labute approximate surface area is 116 Å². The van der Waals surface area contributed by atoms with Crippen molar-refractivity contribution in [2.45, 2.75) is 13.2 Å². The van der Waals surface area contributed by atoms with Gasteiger partial charge in [-0.15, -0.1) is 11.3 Å². The molecule has 0 saturated heterocycles. The Morgan fingerprint density at radius 2 is 2.06 bits per heavy atom. The van der Waals surface area contributed by atoms with Crippen LogP contribution in [0, 0.1) is 0 Å². The Balaban J connectivity index is 1.84. The van der Waals surface area contributed by atoms with Crippen LogP contribution < -0.4 is 0 Å². The van der Waals surface area contributed by atoms with E-state index in [1.807, 2.05) is 24.3 Å². The highest BCUT2D eigenvalue weighted by Gasteiger charge is 2.08. The number of carboxylic acid groups (broad SMARTS) is 1. The lowest BCUT2D eigenvalue weighted by Gasteiger charge is -2.02. The Bertz CT molecular complexity index is 539. The number of ether oxygens (including phenoxy) is 1. The molecule has 0 amide bonds. The Morgan fingerprint density at radius 1 is 1.33 bits per heavy atom. The van der Waals surface area contributed by atoms with Gasteiger partial charge in [-0.3, -0.25) is 0 Å². The molecule has 0 aliphatic rings. The fourth-order valence-corrected chi connectivity index (χ4v) is 2.23. The Morgan fingerprint density at radius 3 is 2.67 bits per heavy atom. The van der Waals surface area contributed by atoms with E-state index in [4.69, 9.17) is 9.84 Å². The summed E-state index contributed by atoms with van der Waals surface area (Å²) in [7, 11) is 0. The number of halogens is 1. The molecule has 0 aliphatic carbocycles. The lowest BCUT2D eigenvalue weighted by atomic mass is 10.2. The largest absolute Gasteiger partial charge is 0.476 e. The van der Waals surface area contributed by atoms with E-state index in [0.29, 0.717) is 18.9 Å². The molecule has 0 aliphatic heterocycles. The first-order chi connectivity index (χ1) is 8.65. The second kappa shape index (κ2) is 6.08. The minimum absolute atomic E-state index is 0.0947. The Kier molecular flexibility index (Phi) is 4.46. The van der Waals surface area contributed by atoms with Gasteiger partial charge in [-0.25, -0.2) is 9.78 Å². The minimum atomic E-state index is -1.00. The average molecular weight is 328 g/mol. The highest BCUT2D eigenvalue weighted by Crippen LogP contribution is 2.13. The summed E-state index contributed by atoms with van der Waals surface area (Å²) in [5.41, 5.74) is 1.71. The van der Waals surface area contributed by atoms with Gasteiger partial charge in [0.2, 0.25) is 5.01 Å². The lowest BCUT2D eigenvalue weighted by molar-refractivity contribution is 0.0694. The van der Waals surface area contributed by atoms with Crippen molar-refractivity contribution in [2.24, 2.45) is 0 Å². The lowest BCUT2D eigenvalue weighted by Crippen LogP contribution is -1.98. The second-order valence-electron chi connectivity index (χ2n) is 3.57. The smallest absolute Gasteiger partial charge is 0.365 e. The van der Waals surface area contributed by atoms with Crippen molar-refractivity contribution >= 4 is 33.2 Å². The molecule has 6 heteroatoms. The van der Waals surface area contributed by atoms with Crippen molar-refractivity contribution in [3.8, 4) is 0 Å². The molecule has 2 aromatic rings. The number of hydrogen-bond acceptors (Lipinski definition) is 4. The van der Waals surface area contributed by atoms with Gasteiger partial charge >= 0.3 is 5.97 Å².